The first-order valence-electron chi connectivity index (χ1n) is 10.7. The summed E-state index contributed by atoms with van der Waals surface area (Å²) >= 11 is 8.13. The van der Waals surface area contributed by atoms with Gasteiger partial charge in [0.05, 0.1) is 23.2 Å². The van der Waals surface area contributed by atoms with Gasteiger partial charge >= 0.3 is 10.8 Å². The van der Waals surface area contributed by atoms with Crippen LogP contribution in [0.5, 0.6) is 0 Å². The summed E-state index contributed by atoms with van der Waals surface area (Å²) in [6, 6.07) is 12.1. The fourth-order valence-electron chi connectivity index (χ4n) is 4.46. The molecule has 1 saturated heterocycles. The van der Waals surface area contributed by atoms with E-state index in [0.29, 0.717) is 14.9 Å². The number of hydrogen-bond donors (Lipinski definition) is 0. The zero-order chi connectivity index (χ0) is 24.9. The lowest BCUT2D eigenvalue weighted by Crippen LogP contribution is -2.32. The first-order chi connectivity index (χ1) is 16.8. The molecule has 5 rings (SSSR count). The van der Waals surface area contributed by atoms with Crippen molar-refractivity contribution in [2.75, 3.05) is 11.5 Å². The molecule has 0 aliphatic carbocycles. The number of hydrogen-bond acceptors (Lipinski definition) is 7. The molecule has 0 saturated carbocycles. The molecule has 180 valence electrons. The summed E-state index contributed by atoms with van der Waals surface area (Å²) in [7, 11) is 0. The number of thioether (sulfide) groups is 1. The number of halogens is 2. The van der Waals surface area contributed by atoms with E-state index in [1.54, 1.807) is 31.2 Å². The number of aromatic nitrogens is 1. The Balaban J connectivity index is 1.64. The van der Waals surface area contributed by atoms with Gasteiger partial charge in [-0.15, -0.1) is 0 Å². The second-order valence-corrected chi connectivity index (χ2v) is 10.6. The van der Waals surface area contributed by atoms with Crippen LogP contribution in [0.2, 0.25) is 5.02 Å². The number of benzene rings is 2. The van der Waals surface area contributed by atoms with Crippen molar-refractivity contribution >= 4 is 58.2 Å². The Hall–Kier alpha value is -2.95. The van der Waals surface area contributed by atoms with Crippen molar-refractivity contribution in [2.24, 2.45) is 5.92 Å². The molecule has 2 aromatic carbocycles. The normalized spacial score (nSPS) is 21.1. The Morgan fingerprint density at radius 3 is 2.40 bits per heavy atom. The highest BCUT2D eigenvalue weighted by molar-refractivity contribution is 8.00. The lowest BCUT2D eigenvalue weighted by molar-refractivity contribution is -0.144. The van der Waals surface area contributed by atoms with Gasteiger partial charge in [-0.25, -0.2) is 9.29 Å². The highest BCUT2D eigenvalue weighted by Crippen LogP contribution is 2.53. The Morgan fingerprint density at radius 2 is 1.74 bits per heavy atom. The number of carbonyl (C=O) groups excluding carboxylic acids is 3. The second kappa shape index (κ2) is 9.25. The average molecular weight is 533 g/mol. The molecular formula is C24H18ClFN2O5S2. The molecule has 0 bridgehead atoms. The van der Waals surface area contributed by atoms with E-state index in [4.69, 9.17) is 16.3 Å². The Morgan fingerprint density at radius 1 is 1.06 bits per heavy atom. The van der Waals surface area contributed by atoms with E-state index in [1.807, 2.05) is 0 Å². The number of carbonyl (C=O) groups is 3. The summed E-state index contributed by atoms with van der Waals surface area (Å²) in [5.41, 5.74) is 0.996. The summed E-state index contributed by atoms with van der Waals surface area (Å²) in [4.78, 5) is 53.6. The Kier molecular flexibility index (Phi) is 6.29. The van der Waals surface area contributed by atoms with Crippen LogP contribution in [0.25, 0.3) is 0 Å². The van der Waals surface area contributed by atoms with Crippen molar-refractivity contribution in [3.8, 4) is 0 Å². The second-order valence-electron chi connectivity index (χ2n) is 8.01. The van der Waals surface area contributed by atoms with Crippen molar-refractivity contribution in [1.82, 2.24) is 4.57 Å². The van der Waals surface area contributed by atoms with Gasteiger partial charge in [0.15, 0.2) is 0 Å². The van der Waals surface area contributed by atoms with Crippen LogP contribution in [0, 0.1) is 11.7 Å². The van der Waals surface area contributed by atoms with Crippen molar-refractivity contribution < 1.29 is 23.5 Å². The van der Waals surface area contributed by atoms with Crippen molar-refractivity contribution in [3.63, 3.8) is 0 Å². The van der Waals surface area contributed by atoms with Crippen LogP contribution in [0.3, 0.4) is 0 Å². The van der Waals surface area contributed by atoms with Crippen LogP contribution in [0.15, 0.2) is 58.4 Å². The van der Waals surface area contributed by atoms with Crippen LogP contribution in [-0.2, 0) is 25.7 Å². The van der Waals surface area contributed by atoms with E-state index in [0.717, 1.165) is 33.6 Å². The molecular weight excluding hydrogens is 515 g/mol. The number of anilines is 1. The van der Waals surface area contributed by atoms with Gasteiger partial charge in [0.2, 0.25) is 11.8 Å². The van der Waals surface area contributed by atoms with E-state index in [9.17, 15) is 23.6 Å². The van der Waals surface area contributed by atoms with Crippen molar-refractivity contribution in [3.05, 3.63) is 79.5 Å². The lowest BCUT2D eigenvalue weighted by atomic mass is 9.83. The van der Waals surface area contributed by atoms with Crippen LogP contribution in [-0.4, -0.2) is 34.2 Å². The third-order valence-corrected chi connectivity index (χ3v) is 8.81. The summed E-state index contributed by atoms with van der Waals surface area (Å²) in [5.74, 6) is -3.33. The van der Waals surface area contributed by atoms with Crippen LogP contribution in [0.1, 0.15) is 23.3 Å². The number of nitrogens with zero attached hydrogens (tertiary/aromatic N) is 2. The molecule has 2 amide bonds. The number of imide groups is 1. The summed E-state index contributed by atoms with van der Waals surface area (Å²) < 4.78 is 19.8. The van der Waals surface area contributed by atoms with Gasteiger partial charge in [0, 0.05) is 15.8 Å². The zero-order valence-corrected chi connectivity index (χ0v) is 20.7. The molecule has 0 N–H and O–H groups in total. The smallest absolute Gasteiger partial charge is 0.326 e. The Bertz CT molecular complexity index is 1390. The number of rotatable bonds is 5. The van der Waals surface area contributed by atoms with Crippen molar-refractivity contribution in [1.29, 1.82) is 0 Å². The number of esters is 1. The average Bonchev–Trinajstić information content (AvgIpc) is 3.27. The number of ether oxygens (including phenoxy) is 1. The topological polar surface area (TPSA) is 85.7 Å². The van der Waals surface area contributed by atoms with E-state index >= 15 is 0 Å². The van der Waals surface area contributed by atoms with Gasteiger partial charge in [-0.2, -0.15) is 0 Å². The van der Waals surface area contributed by atoms with E-state index < -0.39 is 40.7 Å². The summed E-state index contributed by atoms with van der Waals surface area (Å²) in [6.07, 6.45) is 0. The van der Waals surface area contributed by atoms with Gasteiger partial charge in [-0.3, -0.25) is 23.7 Å². The summed E-state index contributed by atoms with van der Waals surface area (Å²) in [6.45, 7) is 1.55. The van der Waals surface area contributed by atoms with Gasteiger partial charge in [0.1, 0.15) is 17.6 Å². The molecule has 0 unspecified atom stereocenters. The third kappa shape index (κ3) is 4.09. The zero-order valence-electron chi connectivity index (χ0n) is 18.3. The first kappa shape index (κ1) is 23.8. The minimum Gasteiger partial charge on any atom is -0.465 e. The van der Waals surface area contributed by atoms with Gasteiger partial charge in [0.25, 0.3) is 0 Å². The first-order valence-corrected chi connectivity index (χ1v) is 12.8. The van der Waals surface area contributed by atoms with Gasteiger partial charge < -0.3 is 4.74 Å². The van der Waals surface area contributed by atoms with E-state index in [2.05, 4.69) is 0 Å². The standard InChI is InChI=1S/C24H18ClFN2O5S2/c1-2-33-16(29)11-27-23-20(35-24(27)32)17(12-3-5-13(25)6-4-12)18-19(34-23)22(31)28(21(18)30)15-9-7-14(26)8-10-15/h3-10,17-19H,2,11H2,1H3/t17-,18-,19+/m0/s1. The lowest BCUT2D eigenvalue weighted by Gasteiger charge is -2.30. The molecule has 0 radical (unpaired) electrons. The SMILES string of the molecule is CCOC(=O)Cn1c2c(sc1=O)[C@@H](c1ccc(Cl)cc1)[C@@H]1C(=O)N(c3ccc(F)cc3)C(=O)[C@@H]1S2. The molecule has 35 heavy (non-hydrogen) atoms. The van der Waals surface area contributed by atoms with Crippen LogP contribution < -0.4 is 9.77 Å². The molecule has 2 aliphatic heterocycles. The predicted molar refractivity (Wildman–Crippen MR) is 131 cm³/mol. The molecule has 3 atom stereocenters. The monoisotopic (exact) mass is 532 g/mol. The molecule has 2 aliphatic rings. The number of fused-ring (bicyclic) bond motifs is 2. The molecule has 3 aromatic rings. The third-order valence-electron chi connectivity index (χ3n) is 5.96. The molecule has 1 aromatic heterocycles. The minimum absolute atomic E-state index is 0.171. The summed E-state index contributed by atoms with van der Waals surface area (Å²) in [5, 5.41) is 0.144. The maximum absolute atomic E-state index is 13.7. The maximum Gasteiger partial charge on any atom is 0.326 e. The maximum atomic E-state index is 13.7. The van der Waals surface area contributed by atoms with Crippen LogP contribution in [0.4, 0.5) is 10.1 Å². The minimum atomic E-state index is -0.830. The molecule has 3 heterocycles. The van der Waals surface area contributed by atoms with E-state index in [-0.39, 0.29) is 23.7 Å². The Labute approximate surface area is 212 Å². The number of thiazole rings is 1. The highest BCUT2D eigenvalue weighted by atomic mass is 35.5. The molecule has 11 heteroatoms. The highest BCUT2D eigenvalue weighted by Gasteiger charge is 2.56. The van der Waals surface area contributed by atoms with Gasteiger partial charge in [-0.05, 0) is 48.9 Å². The largest absolute Gasteiger partial charge is 0.465 e. The van der Waals surface area contributed by atoms with Crippen LogP contribution >= 0.6 is 34.7 Å². The number of amides is 2. The van der Waals surface area contributed by atoms with Gasteiger partial charge in [-0.1, -0.05) is 46.8 Å². The molecule has 7 nitrogen and oxygen atoms in total. The molecule has 0 spiro atoms. The van der Waals surface area contributed by atoms with Crippen molar-refractivity contribution in [2.45, 2.75) is 29.7 Å². The fourth-order valence-corrected chi connectivity index (χ4v) is 7.36. The predicted octanol–water partition coefficient (Wildman–Crippen LogP) is 4.06. The quantitative estimate of drug-likeness (QED) is 0.364. The van der Waals surface area contributed by atoms with E-state index in [1.165, 1.54) is 28.8 Å². The molecule has 1 fully saturated rings. The fraction of sp³-hybridized carbons (Fsp3) is 0.250.